The number of aryl methyl sites for hydroxylation is 1. The summed E-state index contributed by atoms with van der Waals surface area (Å²) < 4.78 is 39.2. The Balaban J connectivity index is 3.12. The average molecular weight is 249 g/mol. The number of halogens is 3. The fourth-order valence-corrected chi connectivity index (χ4v) is 1.93. The maximum Gasteiger partial charge on any atom is 0.418 e. The van der Waals surface area contributed by atoms with E-state index >= 15 is 0 Å². The third-order valence-corrected chi connectivity index (χ3v) is 2.77. The van der Waals surface area contributed by atoms with Crippen LogP contribution in [0, 0.1) is 19.8 Å². The van der Waals surface area contributed by atoms with Crippen LogP contribution in [0.4, 0.5) is 13.2 Å². The monoisotopic (exact) mass is 249 g/mol. The molecule has 98 valence electrons. The van der Waals surface area contributed by atoms with Crippen LogP contribution in [0.25, 0.3) is 0 Å². The molecule has 1 heterocycles. The van der Waals surface area contributed by atoms with E-state index in [-0.39, 0.29) is 5.56 Å². The lowest BCUT2D eigenvalue weighted by molar-refractivity contribution is -0.206. The highest BCUT2D eigenvalue weighted by atomic mass is 19.4. The van der Waals surface area contributed by atoms with Crippen molar-refractivity contribution in [3.05, 3.63) is 23.0 Å². The molecule has 1 unspecified atom stereocenters. The highest BCUT2D eigenvalue weighted by Gasteiger charge is 2.41. The predicted molar refractivity (Wildman–Crippen MR) is 59.8 cm³/mol. The van der Waals surface area contributed by atoms with Gasteiger partial charge in [0, 0.05) is 23.5 Å². The Hall–Kier alpha value is -0.970. The van der Waals surface area contributed by atoms with Crippen molar-refractivity contribution < 1.29 is 18.3 Å². The van der Waals surface area contributed by atoms with E-state index in [9.17, 15) is 18.3 Å². The Labute approximate surface area is 99.1 Å². The van der Waals surface area contributed by atoms with Crippen LogP contribution in [-0.4, -0.2) is 15.8 Å². The summed E-state index contributed by atoms with van der Waals surface area (Å²) in [4.78, 5) is 0. The summed E-state index contributed by atoms with van der Waals surface area (Å²) in [5.74, 6) is 0.343. The van der Waals surface area contributed by atoms with Gasteiger partial charge in [-0.25, -0.2) is 0 Å². The van der Waals surface area contributed by atoms with Gasteiger partial charge in [0.2, 0.25) is 0 Å². The summed E-state index contributed by atoms with van der Waals surface area (Å²) in [6.07, 6.45) is -7.00. The molecule has 0 aliphatic heterocycles. The molecule has 1 aromatic rings. The molecule has 1 rings (SSSR count). The molecule has 0 fully saturated rings. The third kappa shape index (κ3) is 3.03. The van der Waals surface area contributed by atoms with Gasteiger partial charge in [0.1, 0.15) is 0 Å². The molecule has 0 amide bonds. The molecule has 0 bridgehead atoms. The van der Waals surface area contributed by atoms with Gasteiger partial charge in [-0.2, -0.15) is 13.2 Å². The topological polar surface area (TPSA) is 25.2 Å². The third-order valence-electron chi connectivity index (χ3n) is 2.77. The highest BCUT2D eigenvalue weighted by Crippen LogP contribution is 2.35. The first-order valence-corrected chi connectivity index (χ1v) is 5.56. The van der Waals surface area contributed by atoms with Gasteiger partial charge in [-0.05, 0) is 25.8 Å². The Morgan fingerprint density at radius 2 is 1.82 bits per heavy atom. The number of aliphatic hydroxyl groups is 1. The Kier molecular flexibility index (Phi) is 3.91. The molecule has 0 aromatic carbocycles. The molecular weight excluding hydrogens is 231 g/mol. The largest absolute Gasteiger partial charge is 0.418 e. The summed E-state index contributed by atoms with van der Waals surface area (Å²) >= 11 is 0. The molecule has 0 radical (unpaired) electrons. The molecule has 17 heavy (non-hydrogen) atoms. The number of hydrogen-bond acceptors (Lipinski definition) is 1. The number of aliphatic hydroxyl groups excluding tert-OH is 1. The normalized spacial score (nSPS) is 14.4. The van der Waals surface area contributed by atoms with Crippen LogP contribution < -0.4 is 0 Å². The van der Waals surface area contributed by atoms with Gasteiger partial charge in [-0.3, -0.25) is 0 Å². The van der Waals surface area contributed by atoms with Crippen LogP contribution in [0.15, 0.2) is 6.07 Å². The van der Waals surface area contributed by atoms with Crippen molar-refractivity contribution in [2.45, 2.75) is 46.5 Å². The standard InChI is InChI=1S/C12H18F3NO/c1-7(2)6-16-8(3)5-10(9(16)4)11(17)12(13,14)15/h5,7,11,17H,6H2,1-4H3. The lowest BCUT2D eigenvalue weighted by Gasteiger charge is -2.16. The first-order chi connectivity index (χ1) is 7.64. The highest BCUT2D eigenvalue weighted by molar-refractivity contribution is 5.29. The van der Waals surface area contributed by atoms with E-state index in [4.69, 9.17) is 0 Å². The second-order valence-electron chi connectivity index (χ2n) is 4.78. The molecule has 1 N–H and O–H groups in total. The molecule has 5 heteroatoms. The minimum Gasteiger partial charge on any atom is -0.379 e. The second kappa shape index (κ2) is 4.72. The van der Waals surface area contributed by atoms with Gasteiger partial charge in [0.05, 0.1) is 0 Å². The lowest BCUT2D eigenvalue weighted by atomic mass is 10.1. The maximum atomic E-state index is 12.5. The molecule has 1 atom stereocenters. The summed E-state index contributed by atoms with van der Waals surface area (Å²) in [5.41, 5.74) is 1.19. The van der Waals surface area contributed by atoms with Crippen molar-refractivity contribution in [2.24, 2.45) is 5.92 Å². The van der Waals surface area contributed by atoms with Crippen molar-refractivity contribution >= 4 is 0 Å². The van der Waals surface area contributed by atoms with E-state index in [0.29, 0.717) is 18.2 Å². The van der Waals surface area contributed by atoms with Crippen LogP contribution in [0.5, 0.6) is 0 Å². The minimum absolute atomic E-state index is 0.0457. The lowest BCUT2D eigenvalue weighted by Crippen LogP contribution is -2.21. The van der Waals surface area contributed by atoms with Gasteiger partial charge >= 0.3 is 6.18 Å². The van der Waals surface area contributed by atoms with Gasteiger partial charge in [0.15, 0.2) is 6.10 Å². The second-order valence-corrected chi connectivity index (χ2v) is 4.78. The van der Waals surface area contributed by atoms with Gasteiger partial charge in [-0.15, -0.1) is 0 Å². The number of rotatable bonds is 3. The van der Waals surface area contributed by atoms with E-state index < -0.39 is 12.3 Å². The number of alkyl halides is 3. The smallest absolute Gasteiger partial charge is 0.379 e. The zero-order valence-electron chi connectivity index (χ0n) is 10.5. The summed E-state index contributed by atoms with van der Waals surface area (Å²) in [7, 11) is 0. The SMILES string of the molecule is Cc1cc(C(O)C(F)(F)F)c(C)n1CC(C)C. The summed E-state index contributed by atoms with van der Waals surface area (Å²) in [5, 5.41) is 9.27. The average Bonchev–Trinajstić information content (AvgIpc) is 2.42. The van der Waals surface area contributed by atoms with Gasteiger partial charge in [-0.1, -0.05) is 13.8 Å². The molecule has 0 aliphatic rings. The Bertz CT molecular complexity index is 393. The first-order valence-electron chi connectivity index (χ1n) is 5.56. The van der Waals surface area contributed by atoms with E-state index in [1.54, 1.807) is 13.8 Å². The van der Waals surface area contributed by atoms with Crippen LogP contribution in [0.1, 0.15) is 36.9 Å². The van der Waals surface area contributed by atoms with E-state index in [0.717, 1.165) is 5.69 Å². The molecule has 0 aliphatic carbocycles. The van der Waals surface area contributed by atoms with Gasteiger partial charge < -0.3 is 9.67 Å². The Morgan fingerprint density at radius 3 is 2.24 bits per heavy atom. The first kappa shape index (κ1) is 14.1. The molecular formula is C12H18F3NO. The quantitative estimate of drug-likeness (QED) is 0.873. The van der Waals surface area contributed by atoms with Gasteiger partial charge in [0.25, 0.3) is 0 Å². The minimum atomic E-state index is -4.61. The molecule has 0 spiro atoms. The number of hydrogen-bond donors (Lipinski definition) is 1. The maximum absolute atomic E-state index is 12.5. The summed E-state index contributed by atoms with van der Waals surface area (Å²) in [6, 6.07) is 1.41. The van der Waals surface area contributed by atoms with Crippen molar-refractivity contribution in [1.82, 2.24) is 4.57 Å². The van der Waals surface area contributed by atoms with E-state index in [2.05, 4.69) is 0 Å². The Morgan fingerprint density at radius 1 is 1.29 bits per heavy atom. The van der Waals surface area contributed by atoms with Crippen molar-refractivity contribution in [2.75, 3.05) is 0 Å². The number of nitrogens with zero attached hydrogens (tertiary/aromatic N) is 1. The van der Waals surface area contributed by atoms with E-state index in [1.165, 1.54) is 6.07 Å². The molecule has 1 aromatic heterocycles. The zero-order chi connectivity index (χ0) is 13.4. The molecule has 0 saturated heterocycles. The zero-order valence-corrected chi connectivity index (χ0v) is 10.5. The fraction of sp³-hybridized carbons (Fsp3) is 0.667. The van der Waals surface area contributed by atoms with Crippen molar-refractivity contribution in [3.8, 4) is 0 Å². The fourth-order valence-electron chi connectivity index (χ4n) is 1.93. The van der Waals surface area contributed by atoms with E-state index in [1.807, 2.05) is 18.4 Å². The molecule has 0 saturated carbocycles. The van der Waals surface area contributed by atoms with Crippen LogP contribution in [-0.2, 0) is 6.54 Å². The summed E-state index contributed by atoms with van der Waals surface area (Å²) in [6.45, 7) is 8.02. The number of aromatic nitrogens is 1. The van der Waals surface area contributed by atoms with Crippen LogP contribution in [0.3, 0.4) is 0 Å². The molecule has 2 nitrogen and oxygen atoms in total. The van der Waals surface area contributed by atoms with Crippen molar-refractivity contribution in [1.29, 1.82) is 0 Å². The van der Waals surface area contributed by atoms with Crippen molar-refractivity contribution in [3.63, 3.8) is 0 Å². The van der Waals surface area contributed by atoms with Crippen LogP contribution >= 0.6 is 0 Å². The predicted octanol–water partition coefficient (Wildman–Crippen LogP) is 3.36. The van der Waals surface area contributed by atoms with Crippen LogP contribution in [0.2, 0.25) is 0 Å².